The van der Waals surface area contributed by atoms with Gasteiger partial charge in [-0.25, -0.2) is 0 Å². The smallest absolute Gasteiger partial charge is 0.416 e. The van der Waals surface area contributed by atoms with Gasteiger partial charge in [0.15, 0.2) is 5.05 Å². The van der Waals surface area contributed by atoms with E-state index >= 15 is 0 Å². The van der Waals surface area contributed by atoms with Crippen LogP contribution in [0.5, 0.6) is 5.75 Å². The summed E-state index contributed by atoms with van der Waals surface area (Å²) in [6.07, 6.45) is -2.69. The van der Waals surface area contributed by atoms with Crippen molar-refractivity contribution in [3.63, 3.8) is 0 Å². The third kappa shape index (κ3) is 8.23. The van der Waals surface area contributed by atoms with Crippen LogP contribution in [0, 0.1) is 5.92 Å². The Morgan fingerprint density at radius 1 is 0.830 bits per heavy atom. The fourth-order valence-corrected chi connectivity index (χ4v) is 7.56. The first-order valence-electron chi connectivity index (χ1n) is 16.1. The van der Waals surface area contributed by atoms with Crippen molar-refractivity contribution in [3.05, 3.63) is 90.0 Å². The van der Waals surface area contributed by atoms with E-state index in [0.29, 0.717) is 23.9 Å². The van der Waals surface area contributed by atoms with Crippen molar-refractivity contribution in [2.24, 2.45) is 5.92 Å². The summed E-state index contributed by atoms with van der Waals surface area (Å²) in [5.41, 5.74) is 2.22. The molecule has 10 heteroatoms. The SMILES string of the molecule is COc1ccc2ccc(CC(C)C(=S)OCCN3CCN(CCCN4c5ccccc5Sc5ccc(C(F)(F)F)cc54)CC3)cc2c1. The molecule has 2 aliphatic heterocycles. The zero-order valence-electron chi connectivity index (χ0n) is 26.8. The van der Waals surface area contributed by atoms with Crippen molar-refractivity contribution in [2.75, 3.05) is 64.4 Å². The molecule has 2 aliphatic rings. The number of piperazine rings is 1. The lowest BCUT2D eigenvalue weighted by molar-refractivity contribution is -0.137. The summed E-state index contributed by atoms with van der Waals surface area (Å²) in [5.74, 6) is 0.977. The largest absolute Gasteiger partial charge is 0.497 e. The molecule has 47 heavy (non-hydrogen) atoms. The molecule has 0 bridgehead atoms. The summed E-state index contributed by atoms with van der Waals surface area (Å²) in [5, 5.41) is 2.98. The van der Waals surface area contributed by atoms with Crippen LogP contribution in [0.4, 0.5) is 24.5 Å². The Hall–Kier alpha value is -3.31. The molecule has 6 rings (SSSR count). The number of para-hydroxylation sites is 1. The summed E-state index contributed by atoms with van der Waals surface area (Å²) in [4.78, 5) is 8.84. The van der Waals surface area contributed by atoms with E-state index in [-0.39, 0.29) is 5.92 Å². The van der Waals surface area contributed by atoms with E-state index in [1.165, 1.54) is 34.8 Å². The van der Waals surface area contributed by atoms with Gasteiger partial charge in [-0.15, -0.1) is 0 Å². The lowest BCUT2D eigenvalue weighted by Crippen LogP contribution is -2.47. The van der Waals surface area contributed by atoms with E-state index in [9.17, 15) is 13.2 Å². The minimum atomic E-state index is -4.37. The molecule has 1 fully saturated rings. The Labute approximate surface area is 284 Å². The normalized spacial score (nSPS) is 16.1. The molecule has 0 spiro atoms. The maximum Gasteiger partial charge on any atom is 0.416 e. The molecule has 1 atom stereocenters. The molecule has 0 amide bonds. The second-order valence-electron chi connectivity index (χ2n) is 12.3. The molecule has 0 aliphatic carbocycles. The number of hydrogen-bond acceptors (Lipinski definition) is 7. The maximum absolute atomic E-state index is 13.5. The van der Waals surface area contributed by atoms with Crippen LogP contribution in [-0.4, -0.2) is 74.4 Å². The Kier molecular flexibility index (Phi) is 10.6. The van der Waals surface area contributed by atoms with Gasteiger partial charge in [-0.2, -0.15) is 13.2 Å². The third-order valence-corrected chi connectivity index (χ3v) is 10.6. The Morgan fingerprint density at radius 3 is 2.32 bits per heavy atom. The van der Waals surface area contributed by atoms with Crippen LogP contribution < -0.4 is 9.64 Å². The molecule has 0 radical (unpaired) electrons. The van der Waals surface area contributed by atoms with Crippen molar-refractivity contribution >= 4 is 51.2 Å². The molecule has 1 unspecified atom stereocenters. The highest BCUT2D eigenvalue weighted by Crippen LogP contribution is 2.49. The fraction of sp³-hybridized carbons (Fsp3) is 0.378. The first-order chi connectivity index (χ1) is 22.7. The summed E-state index contributed by atoms with van der Waals surface area (Å²) in [6.45, 7) is 8.88. The number of alkyl halides is 3. The van der Waals surface area contributed by atoms with E-state index < -0.39 is 11.7 Å². The number of hydrogen-bond donors (Lipinski definition) is 0. The molecule has 2 heterocycles. The van der Waals surface area contributed by atoms with Gasteiger partial charge in [0.25, 0.3) is 0 Å². The standard InChI is InChI=1S/C37H40F3N3O2S2/c1-26(22-27-8-9-28-10-12-31(44-2)24-29(28)23-27)36(46)45-21-20-42-18-16-41(17-19-42)14-5-15-43-32-6-3-4-7-34(32)47-35-13-11-30(25-33(35)43)37(38,39)40/h3-4,6-13,23-26H,5,14-22H2,1-2H3. The molecule has 0 saturated carbocycles. The molecule has 4 aromatic rings. The summed E-state index contributed by atoms with van der Waals surface area (Å²) >= 11 is 7.17. The van der Waals surface area contributed by atoms with Gasteiger partial charge in [-0.05, 0) is 90.4 Å². The number of rotatable bonds is 11. The number of halogens is 3. The number of anilines is 2. The van der Waals surface area contributed by atoms with Crippen LogP contribution in [0.3, 0.4) is 0 Å². The van der Waals surface area contributed by atoms with Crippen LogP contribution in [0.1, 0.15) is 24.5 Å². The van der Waals surface area contributed by atoms with Crippen molar-refractivity contribution in [1.82, 2.24) is 9.80 Å². The number of nitrogens with zero attached hydrogens (tertiary/aromatic N) is 3. The highest BCUT2D eigenvalue weighted by Gasteiger charge is 2.33. The van der Waals surface area contributed by atoms with E-state index in [0.717, 1.165) is 78.7 Å². The number of thiocarbonyl (C=S) groups is 1. The molecule has 1 saturated heterocycles. The lowest BCUT2D eigenvalue weighted by atomic mass is 9.99. The zero-order chi connectivity index (χ0) is 33.0. The Bertz CT molecular complexity index is 1710. The summed E-state index contributed by atoms with van der Waals surface area (Å²) in [7, 11) is 1.68. The number of ether oxygens (including phenoxy) is 2. The third-order valence-electron chi connectivity index (χ3n) is 8.98. The van der Waals surface area contributed by atoms with Crippen LogP contribution in [0.2, 0.25) is 0 Å². The van der Waals surface area contributed by atoms with E-state index in [1.807, 2.05) is 30.3 Å². The van der Waals surface area contributed by atoms with Crippen LogP contribution >= 0.6 is 24.0 Å². The number of methoxy groups -OCH3 is 1. The lowest BCUT2D eigenvalue weighted by Gasteiger charge is -2.36. The molecule has 0 N–H and O–H groups in total. The summed E-state index contributed by atoms with van der Waals surface area (Å²) < 4.78 is 52.1. The van der Waals surface area contributed by atoms with Gasteiger partial charge in [-0.1, -0.05) is 55.1 Å². The molecule has 0 aromatic heterocycles. The van der Waals surface area contributed by atoms with Crippen LogP contribution in [-0.2, 0) is 17.3 Å². The molecule has 5 nitrogen and oxygen atoms in total. The second-order valence-corrected chi connectivity index (χ2v) is 13.7. The average molecular weight is 680 g/mol. The summed E-state index contributed by atoms with van der Waals surface area (Å²) in [6, 6.07) is 24.6. The Balaban J connectivity index is 0.938. The van der Waals surface area contributed by atoms with Crippen molar-refractivity contribution in [3.8, 4) is 5.75 Å². The predicted octanol–water partition coefficient (Wildman–Crippen LogP) is 8.70. The number of benzene rings is 4. The zero-order valence-corrected chi connectivity index (χ0v) is 28.4. The van der Waals surface area contributed by atoms with Crippen molar-refractivity contribution in [1.29, 1.82) is 0 Å². The monoisotopic (exact) mass is 679 g/mol. The first kappa shape index (κ1) is 33.6. The van der Waals surface area contributed by atoms with E-state index in [4.69, 9.17) is 21.7 Å². The van der Waals surface area contributed by atoms with Gasteiger partial charge in [0.05, 0.1) is 24.0 Å². The van der Waals surface area contributed by atoms with Gasteiger partial charge in [-0.3, -0.25) is 4.90 Å². The second kappa shape index (κ2) is 14.8. The van der Waals surface area contributed by atoms with Crippen LogP contribution in [0.15, 0.2) is 88.7 Å². The fourth-order valence-electron chi connectivity index (χ4n) is 6.32. The van der Waals surface area contributed by atoms with Crippen molar-refractivity contribution < 1.29 is 22.6 Å². The maximum atomic E-state index is 13.5. The first-order valence-corrected chi connectivity index (χ1v) is 17.3. The Morgan fingerprint density at radius 2 is 1.55 bits per heavy atom. The van der Waals surface area contributed by atoms with Gasteiger partial charge in [0, 0.05) is 55.0 Å². The van der Waals surface area contributed by atoms with Crippen molar-refractivity contribution in [2.45, 2.75) is 35.7 Å². The molecule has 4 aromatic carbocycles. The average Bonchev–Trinajstić information content (AvgIpc) is 3.07. The quantitative estimate of drug-likeness (QED) is 0.147. The minimum absolute atomic E-state index is 0.127. The highest BCUT2D eigenvalue weighted by atomic mass is 32.2. The number of fused-ring (bicyclic) bond motifs is 3. The molecular weight excluding hydrogens is 640 g/mol. The van der Waals surface area contributed by atoms with Gasteiger partial charge < -0.3 is 19.3 Å². The minimum Gasteiger partial charge on any atom is -0.497 e. The topological polar surface area (TPSA) is 28.2 Å². The van der Waals surface area contributed by atoms with Gasteiger partial charge in [0.2, 0.25) is 0 Å². The van der Waals surface area contributed by atoms with E-state index in [1.54, 1.807) is 13.2 Å². The van der Waals surface area contributed by atoms with Crippen LogP contribution in [0.25, 0.3) is 10.8 Å². The van der Waals surface area contributed by atoms with Gasteiger partial charge in [0.1, 0.15) is 12.4 Å². The van der Waals surface area contributed by atoms with Gasteiger partial charge >= 0.3 is 6.18 Å². The molecular formula is C37H40F3N3O2S2. The van der Waals surface area contributed by atoms with E-state index in [2.05, 4.69) is 52.0 Å². The highest BCUT2D eigenvalue weighted by molar-refractivity contribution is 7.99. The predicted molar refractivity (Wildman–Crippen MR) is 188 cm³/mol. The molecule has 248 valence electrons.